The van der Waals surface area contributed by atoms with Crippen molar-refractivity contribution < 1.29 is 9.53 Å². The molecular formula is C32H49N5O2. The second kappa shape index (κ2) is 13.4. The average molecular weight is 536 g/mol. The Morgan fingerprint density at radius 2 is 1.62 bits per heavy atom. The summed E-state index contributed by atoms with van der Waals surface area (Å²) >= 11 is 0. The van der Waals surface area contributed by atoms with Gasteiger partial charge < -0.3 is 25.7 Å². The SMILES string of the molecule is CC(C)(C)N.COc1ccc(N2CCN(CCCCc3c[nH]c4ccc(C(=O)NC(C)(C)C)cc34)CC2)cc1. The molecule has 0 atom stereocenters. The fraction of sp³-hybridized carbons (Fsp3) is 0.531. The van der Waals surface area contributed by atoms with Crippen LogP contribution in [0.2, 0.25) is 0 Å². The number of benzene rings is 2. The van der Waals surface area contributed by atoms with Crippen molar-refractivity contribution in [3.63, 3.8) is 0 Å². The maximum absolute atomic E-state index is 12.6. The van der Waals surface area contributed by atoms with Gasteiger partial charge in [-0.15, -0.1) is 0 Å². The lowest BCUT2D eigenvalue weighted by Gasteiger charge is -2.36. The van der Waals surface area contributed by atoms with Gasteiger partial charge in [-0.05, 0) is 115 Å². The van der Waals surface area contributed by atoms with Gasteiger partial charge >= 0.3 is 0 Å². The maximum atomic E-state index is 12.6. The number of rotatable bonds is 8. The second-order valence-electron chi connectivity index (χ2n) is 12.6. The Morgan fingerprint density at radius 1 is 0.974 bits per heavy atom. The minimum absolute atomic E-state index is 0. The molecular weight excluding hydrogens is 486 g/mol. The predicted octanol–water partition coefficient (Wildman–Crippen LogP) is 5.59. The van der Waals surface area contributed by atoms with E-state index >= 15 is 0 Å². The minimum atomic E-state index is -0.243. The molecule has 7 nitrogen and oxygen atoms in total. The van der Waals surface area contributed by atoms with Crippen molar-refractivity contribution in [1.29, 1.82) is 0 Å². The lowest BCUT2D eigenvalue weighted by atomic mass is 10.0. The molecule has 1 aliphatic heterocycles. The molecule has 0 aliphatic carbocycles. The lowest BCUT2D eigenvalue weighted by molar-refractivity contribution is 0.0919. The molecule has 1 aromatic heterocycles. The Balaban J connectivity index is 0.000000771. The van der Waals surface area contributed by atoms with Crippen LogP contribution in [-0.2, 0) is 6.42 Å². The number of nitrogens with two attached hydrogens (primary N) is 1. The Kier molecular flexibility index (Phi) is 10.4. The third kappa shape index (κ3) is 10.2. The Labute approximate surface area is 235 Å². The number of piperazine rings is 1. The molecule has 4 N–H and O–H groups in total. The van der Waals surface area contributed by atoms with Crippen molar-refractivity contribution in [2.45, 2.75) is 71.9 Å². The number of unbranched alkanes of at least 4 members (excludes halogenated alkanes) is 1. The van der Waals surface area contributed by atoms with Gasteiger partial charge in [0.05, 0.1) is 7.11 Å². The zero-order valence-electron chi connectivity index (χ0n) is 25.1. The lowest BCUT2D eigenvalue weighted by Crippen LogP contribution is -2.46. The Bertz CT molecular complexity index is 1170. The number of H-pyrrole nitrogens is 1. The summed E-state index contributed by atoms with van der Waals surface area (Å²) in [5, 5.41) is 4.22. The number of carbonyl (C=O) groups excluding carboxylic acids is 1. The van der Waals surface area contributed by atoms with Gasteiger partial charge in [-0.1, -0.05) is 0 Å². The van der Waals surface area contributed by atoms with Gasteiger partial charge in [-0.3, -0.25) is 9.69 Å². The molecule has 7 heteroatoms. The highest BCUT2D eigenvalue weighted by molar-refractivity contribution is 5.99. The Hall–Kier alpha value is -3.03. The van der Waals surface area contributed by atoms with Crippen LogP contribution < -0.4 is 20.7 Å². The summed E-state index contributed by atoms with van der Waals surface area (Å²) in [4.78, 5) is 21.0. The van der Waals surface area contributed by atoms with Crippen molar-refractivity contribution >= 4 is 22.5 Å². The number of fused-ring (bicyclic) bond motifs is 1. The number of amides is 1. The van der Waals surface area contributed by atoms with E-state index in [1.165, 1.54) is 17.7 Å². The summed E-state index contributed by atoms with van der Waals surface area (Å²) in [5.74, 6) is 0.886. The third-order valence-electron chi connectivity index (χ3n) is 6.50. The number of aromatic amines is 1. The number of ether oxygens (including phenoxy) is 1. The van der Waals surface area contributed by atoms with E-state index in [2.05, 4.69) is 38.4 Å². The first kappa shape index (κ1) is 30.5. The average Bonchev–Trinajstić information content (AvgIpc) is 3.27. The van der Waals surface area contributed by atoms with Crippen molar-refractivity contribution in [2.24, 2.45) is 5.73 Å². The first-order valence-electron chi connectivity index (χ1n) is 14.2. The van der Waals surface area contributed by atoms with E-state index in [0.29, 0.717) is 0 Å². The molecule has 0 bridgehead atoms. The van der Waals surface area contributed by atoms with Gasteiger partial charge in [0.2, 0.25) is 0 Å². The van der Waals surface area contributed by atoms with Crippen molar-refractivity contribution in [2.75, 3.05) is 44.7 Å². The molecule has 2 aromatic carbocycles. The molecule has 1 aliphatic rings. The number of carbonyl (C=O) groups is 1. The number of aryl methyl sites for hydroxylation is 1. The Morgan fingerprint density at radius 3 is 2.21 bits per heavy atom. The van der Waals surface area contributed by atoms with Gasteiger partial charge in [0.1, 0.15) is 5.75 Å². The summed E-state index contributed by atoms with van der Waals surface area (Å²) in [6.07, 6.45) is 5.45. The van der Waals surface area contributed by atoms with E-state index in [-0.39, 0.29) is 17.0 Å². The molecule has 2 heterocycles. The number of hydrogen-bond acceptors (Lipinski definition) is 5. The second-order valence-corrected chi connectivity index (χ2v) is 12.6. The molecule has 214 valence electrons. The molecule has 1 saturated heterocycles. The molecule has 1 amide bonds. The molecule has 0 spiro atoms. The van der Waals surface area contributed by atoms with E-state index in [1.54, 1.807) is 7.11 Å². The van der Waals surface area contributed by atoms with Crippen LogP contribution in [0.3, 0.4) is 0 Å². The molecule has 0 saturated carbocycles. The standard InChI is InChI=1S/C28H38N4O2.C4H11N/c1-28(2,3)30-27(33)21-8-13-26-25(19-21)22(20-29-26)7-5-6-14-31-15-17-32(18-16-31)23-9-11-24(34-4)12-10-23;1-4(2,3)5/h8-13,19-20,29H,5-7,14-18H2,1-4H3,(H,30,33);5H2,1-3H3. The van der Waals surface area contributed by atoms with Crippen LogP contribution >= 0.6 is 0 Å². The van der Waals surface area contributed by atoms with Crippen LogP contribution in [0.1, 0.15) is 70.3 Å². The molecule has 3 aromatic rings. The molecule has 4 rings (SSSR count). The van der Waals surface area contributed by atoms with E-state index < -0.39 is 0 Å². The number of anilines is 1. The quantitative estimate of drug-likeness (QED) is 0.327. The van der Waals surface area contributed by atoms with Crippen molar-refractivity contribution in [3.8, 4) is 5.75 Å². The maximum Gasteiger partial charge on any atom is 0.251 e. The van der Waals surface area contributed by atoms with E-state index in [1.807, 2.05) is 71.9 Å². The van der Waals surface area contributed by atoms with Crippen LogP contribution in [0, 0.1) is 0 Å². The number of aromatic nitrogens is 1. The minimum Gasteiger partial charge on any atom is -0.497 e. The third-order valence-corrected chi connectivity index (χ3v) is 6.50. The molecule has 0 radical (unpaired) electrons. The van der Waals surface area contributed by atoms with Crippen LogP contribution in [0.4, 0.5) is 5.69 Å². The van der Waals surface area contributed by atoms with E-state index in [0.717, 1.165) is 67.8 Å². The molecule has 39 heavy (non-hydrogen) atoms. The highest BCUT2D eigenvalue weighted by Crippen LogP contribution is 2.23. The fourth-order valence-corrected chi connectivity index (χ4v) is 4.61. The zero-order valence-corrected chi connectivity index (χ0v) is 25.1. The van der Waals surface area contributed by atoms with Gasteiger partial charge in [0.15, 0.2) is 0 Å². The van der Waals surface area contributed by atoms with Crippen molar-refractivity contribution in [1.82, 2.24) is 15.2 Å². The number of nitrogens with zero attached hydrogens (tertiary/aromatic N) is 2. The first-order chi connectivity index (χ1) is 18.3. The fourth-order valence-electron chi connectivity index (χ4n) is 4.61. The molecule has 1 fully saturated rings. The molecule has 0 unspecified atom stereocenters. The summed E-state index contributed by atoms with van der Waals surface area (Å²) < 4.78 is 5.27. The highest BCUT2D eigenvalue weighted by Gasteiger charge is 2.18. The normalized spacial score (nSPS) is 14.6. The number of nitrogens with one attached hydrogen (secondary N) is 2. The van der Waals surface area contributed by atoms with Crippen LogP contribution in [0.25, 0.3) is 10.9 Å². The summed E-state index contributed by atoms with van der Waals surface area (Å²) in [7, 11) is 1.70. The van der Waals surface area contributed by atoms with Crippen LogP contribution in [0.15, 0.2) is 48.7 Å². The van der Waals surface area contributed by atoms with E-state index in [9.17, 15) is 4.79 Å². The summed E-state index contributed by atoms with van der Waals surface area (Å²) in [6, 6.07) is 14.3. The van der Waals surface area contributed by atoms with Crippen LogP contribution in [-0.4, -0.2) is 66.7 Å². The zero-order chi connectivity index (χ0) is 28.6. The highest BCUT2D eigenvalue weighted by atomic mass is 16.5. The van der Waals surface area contributed by atoms with Gasteiger partial charge in [0.25, 0.3) is 5.91 Å². The van der Waals surface area contributed by atoms with E-state index in [4.69, 9.17) is 10.5 Å². The largest absolute Gasteiger partial charge is 0.497 e. The monoisotopic (exact) mass is 535 g/mol. The van der Waals surface area contributed by atoms with Crippen LogP contribution in [0.5, 0.6) is 5.75 Å². The van der Waals surface area contributed by atoms with Crippen molar-refractivity contribution in [3.05, 3.63) is 59.8 Å². The number of hydrogen-bond donors (Lipinski definition) is 3. The summed E-state index contributed by atoms with van der Waals surface area (Å²) in [6.45, 7) is 17.4. The predicted molar refractivity (Wildman–Crippen MR) is 164 cm³/mol. The topological polar surface area (TPSA) is 86.6 Å². The van der Waals surface area contributed by atoms with Gasteiger partial charge in [-0.25, -0.2) is 0 Å². The smallest absolute Gasteiger partial charge is 0.251 e. The summed E-state index contributed by atoms with van der Waals surface area (Å²) in [5.41, 5.74) is 9.50. The van der Waals surface area contributed by atoms with Gasteiger partial charge in [-0.2, -0.15) is 0 Å². The first-order valence-corrected chi connectivity index (χ1v) is 14.2. The number of methoxy groups -OCH3 is 1. The van der Waals surface area contributed by atoms with Gasteiger partial charge in [0, 0.05) is 65.6 Å².